The van der Waals surface area contributed by atoms with E-state index in [9.17, 15) is 4.39 Å². The van der Waals surface area contributed by atoms with E-state index < -0.39 is 0 Å². The first-order valence-corrected chi connectivity index (χ1v) is 7.91. The molecule has 0 fully saturated rings. The summed E-state index contributed by atoms with van der Waals surface area (Å²) in [5.74, 6) is -0.151. The van der Waals surface area contributed by atoms with E-state index >= 15 is 0 Å². The Morgan fingerprint density at radius 1 is 1.04 bits per heavy atom. The molecule has 0 aromatic heterocycles. The van der Waals surface area contributed by atoms with Crippen molar-refractivity contribution in [1.82, 2.24) is 0 Å². The van der Waals surface area contributed by atoms with Crippen molar-refractivity contribution in [3.8, 4) is 11.1 Å². The molecule has 0 atom stereocenters. The van der Waals surface area contributed by atoms with Crippen LogP contribution in [0.4, 0.5) is 4.39 Å². The second-order valence-corrected chi connectivity index (χ2v) is 5.74. The molecule has 0 radical (unpaired) electrons. The van der Waals surface area contributed by atoms with Crippen LogP contribution >= 0.6 is 0 Å². The van der Waals surface area contributed by atoms with Gasteiger partial charge >= 0.3 is 0 Å². The molecule has 0 saturated carbocycles. The maximum Gasteiger partial charge on any atom is 0.119 e. The lowest BCUT2D eigenvalue weighted by Gasteiger charge is -2.11. The van der Waals surface area contributed by atoms with E-state index in [-0.39, 0.29) is 5.83 Å². The minimum absolute atomic E-state index is 0.151. The maximum atomic E-state index is 13.4. The molecule has 0 bridgehead atoms. The van der Waals surface area contributed by atoms with Gasteiger partial charge in [0.15, 0.2) is 0 Å². The summed E-state index contributed by atoms with van der Waals surface area (Å²) < 4.78 is 13.4. The largest absolute Gasteiger partial charge is 0.398 e. The molecule has 0 unspecified atom stereocenters. The number of benzene rings is 2. The topological polar surface area (TPSA) is 49.9 Å². The number of hydrogen-bond donors (Lipinski definition) is 2. The molecule has 3 rings (SSSR count). The van der Waals surface area contributed by atoms with Gasteiger partial charge in [0.05, 0.1) is 0 Å². The zero-order valence-corrected chi connectivity index (χ0v) is 13.3. The molecule has 3 N–H and O–H groups in total. The van der Waals surface area contributed by atoms with Gasteiger partial charge in [0.25, 0.3) is 0 Å². The normalized spacial score (nSPS) is 14.8. The Labute approximate surface area is 141 Å². The van der Waals surface area contributed by atoms with Gasteiger partial charge in [-0.2, -0.15) is 0 Å². The molecular weight excluding hydrogens is 299 g/mol. The van der Waals surface area contributed by atoms with Crippen molar-refractivity contribution in [2.75, 3.05) is 0 Å². The number of nitrogens with one attached hydrogen (secondary N) is 1. The minimum Gasteiger partial charge on any atom is -0.398 e. The van der Waals surface area contributed by atoms with Crippen molar-refractivity contribution in [1.29, 1.82) is 5.41 Å². The molecule has 0 aliphatic heterocycles. The van der Waals surface area contributed by atoms with Crippen LogP contribution in [0.2, 0.25) is 0 Å². The highest BCUT2D eigenvalue weighted by Gasteiger charge is 2.08. The highest BCUT2D eigenvalue weighted by Crippen LogP contribution is 2.29. The molecule has 24 heavy (non-hydrogen) atoms. The number of halogens is 1. The quantitative estimate of drug-likeness (QED) is 0.735. The molecule has 2 aromatic carbocycles. The third-order valence-corrected chi connectivity index (χ3v) is 4.11. The van der Waals surface area contributed by atoms with Gasteiger partial charge in [-0.05, 0) is 65.0 Å². The monoisotopic (exact) mass is 318 g/mol. The average molecular weight is 318 g/mol. The van der Waals surface area contributed by atoms with Crippen LogP contribution in [0, 0.1) is 5.41 Å². The third kappa shape index (κ3) is 3.51. The van der Waals surface area contributed by atoms with E-state index in [2.05, 4.69) is 0 Å². The first-order valence-electron chi connectivity index (χ1n) is 7.91. The minimum atomic E-state index is -0.151. The molecule has 2 aromatic rings. The molecule has 0 spiro atoms. The summed E-state index contributed by atoms with van der Waals surface area (Å²) in [4.78, 5) is 0. The molecule has 2 nitrogen and oxygen atoms in total. The Morgan fingerprint density at radius 3 is 2.50 bits per heavy atom. The summed E-state index contributed by atoms with van der Waals surface area (Å²) in [5.41, 5.74) is 11.6. The smallest absolute Gasteiger partial charge is 0.119 e. The van der Waals surface area contributed by atoms with E-state index in [0.717, 1.165) is 40.7 Å². The number of rotatable bonds is 4. The summed E-state index contributed by atoms with van der Waals surface area (Å²) in [7, 11) is 0. The maximum absolute atomic E-state index is 13.4. The van der Waals surface area contributed by atoms with Crippen molar-refractivity contribution < 1.29 is 4.39 Å². The molecule has 120 valence electrons. The molecule has 3 heteroatoms. The van der Waals surface area contributed by atoms with Crippen molar-refractivity contribution in [3.63, 3.8) is 0 Å². The zero-order valence-electron chi connectivity index (χ0n) is 13.3. The van der Waals surface area contributed by atoms with Crippen molar-refractivity contribution in [2.45, 2.75) is 12.8 Å². The predicted octanol–water partition coefficient (Wildman–Crippen LogP) is 5.33. The summed E-state index contributed by atoms with van der Waals surface area (Å²) in [5, 5.41) is 7.12. The second-order valence-electron chi connectivity index (χ2n) is 5.74. The molecule has 0 amide bonds. The fraction of sp³-hybridized carbons (Fsp3) is 0.0952. The van der Waals surface area contributed by atoms with Gasteiger partial charge in [0.2, 0.25) is 0 Å². The van der Waals surface area contributed by atoms with Gasteiger partial charge < -0.3 is 11.1 Å². The van der Waals surface area contributed by atoms with E-state index in [1.165, 1.54) is 6.21 Å². The van der Waals surface area contributed by atoms with Crippen LogP contribution in [0.15, 0.2) is 72.6 Å². The Morgan fingerprint density at radius 2 is 1.79 bits per heavy atom. The fourth-order valence-electron chi connectivity index (χ4n) is 2.83. The third-order valence-electron chi connectivity index (χ3n) is 4.11. The van der Waals surface area contributed by atoms with Crippen molar-refractivity contribution >= 4 is 17.5 Å². The first kappa shape index (κ1) is 15.9. The van der Waals surface area contributed by atoms with Gasteiger partial charge in [-0.15, -0.1) is 0 Å². The summed E-state index contributed by atoms with van der Waals surface area (Å²) in [6.45, 7) is 0. The summed E-state index contributed by atoms with van der Waals surface area (Å²) in [6.07, 6.45) is 7.60. The van der Waals surface area contributed by atoms with Crippen LogP contribution in [-0.4, -0.2) is 6.21 Å². The lowest BCUT2D eigenvalue weighted by atomic mass is 9.94. The van der Waals surface area contributed by atoms with Gasteiger partial charge in [-0.25, -0.2) is 4.39 Å². The van der Waals surface area contributed by atoms with Crippen LogP contribution in [0.5, 0.6) is 0 Å². The highest BCUT2D eigenvalue weighted by atomic mass is 19.1. The van der Waals surface area contributed by atoms with E-state index in [1.54, 1.807) is 18.2 Å². The fourth-order valence-corrected chi connectivity index (χ4v) is 2.83. The van der Waals surface area contributed by atoms with Gasteiger partial charge in [-0.3, -0.25) is 0 Å². The van der Waals surface area contributed by atoms with Crippen LogP contribution in [0.1, 0.15) is 24.0 Å². The Kier molecular flexibility index (Phi) is 4.71. The Hall–Kier alpha value is -2.94. The molecule has 1 aliphatic rings. The lowest BCUT2D eigenvalue weighted by Crippen LogP contribution is -1.96. The summed E-state index contributed by atoms with van der Waals surface area (Å²) >= 11 is 0. The molecular formula is C21H19FN2. The molecule has 0 heterocycles. The van der Waals surface area contributed by atoms with Crippen molar-refractivity contribution in [2.24, 2.45) is 5.73 Å². The van der Waals surface area contributed by atoms with Gasteiger partial charge in [0.1, 0.15) is 5.83 Å². The SMILES string of the molecule is N=C/C=C(\N)c1cccc(-c2ccc(C3=CC(F)=CCC3)cc2)c1. The first-order chi connectivity index (χ1) is 11.7. The van der Waals surface area contributed by atoms with Gasteiger partial charge in [-0.1, -0.05) is 42.5 Å². The average Bonchev–Trinajstić information content (AvgIpc) is 2.62. The highest BCUT2D eigenvalue weighted by molar-refractivity contribution is 5.83. The van der Waals surface area contributed by atoms with Crippen LogP contribution < -0.4 is 5.73 Å². The summed E-state index contributed by atoms with van der Waals surface area (Å²) in [6, 6.07) is 16.1. The number of allylic oxidation sites excluding steroid dienone is 5. The lowest BCUT2D eigenvalue weighted by molar-refractivity contribution is 0.654. The molecule has 0 saturated heterocycles. The van der Waals surface area contributed by atoms with Gasteiger partial charge in [0, 0.05) is 11.9 Å². The van der Waals surface area contributed by atoms with E-state index in [1.807, 2.05) is 48.5 Å². The van der Waals surface area contributed by atoms with E-state index in [0.29, 0.717) is 5.70 Å². The van der Waals surface area contributed by atoms with Crippen molar-refractivity contribution in [3.05, 3.63) is 83.7 Å². The second kappa shape index (κ2) is 7.09. The Balaban J connectivity index is 1.89. The number of nitrogens with two attached hydrogens (primary N) is 1. The predicted molar refractivity (Wildman–Crippen MR) is 99.2 cm³/mol. The molecule has 1 aliphatic carbocycles. The van der Waals surface area contributed by atoms with Crippen LogP contribution in [-0.2, 0) is 0 Å². The van der Waals surface area contributed by atoms with Crippen LogP contribution in [0.25, 0.3) is 22.4 Å². The number of hydrogen-bond acceptors (Lipinski definition) is 2. The van der Waals surface area contributed by atoms with E-state index in [4.69, 9.17) is 11.1 Å². The standard InChI is InChI=1S/C21H19FN2/c22-20-6-2-4-18(14-20)16-9-7-15(8-10-16)17-3-1-5-19(13-17)21(24)11-12-23/h1,3,5-14,23H,2,4,24H2/b21-11-,23-12?. The van der Waals surface area contributed by atoms with Crippen LogP contribution in [0.3, 0.4) is 0 Å². The zero-order chi connectivity index (χ0) is 16.9. The Bertz CT molecular complexity index is 842.